The van der Waals surface area contributed by atoms with Crippen molar-refractivity contribution in [1.29, 1.82) is 0 Å². The zero-order valence-corrected chi connectivity index (χ0v) is 19.9. The van der Waals surface area contributed by atoms with E-state index in [1.54, 1.807) is 16.2 Å². The number of likely N-dealkylation sites (tertiary alicyclic amines) is 1. The highest BCUT2D eigenvalue weighted by atomic mass is 32.1. The molecule has 0 radical (unpaired) electrons. The lowest BCUT2D eigenvalue weighted by Crippen LogP contribution is -2.42. The van der Waals surface area contributed by atoms with Crippen LogP contribution in [-0.4, -0.2) is 35.8 Å². The topological polar surface area (TPSA) is 38.8 Å². The van der Waals surface area contributed by atoms with Gasteiger partial charge in [0.2, 0.25) is 0 Å². The van der Waals surface area contributed by atoms with Gasteiger partial charge >= 0.3 is 6.09 Å². The van der Waals surface area contributed by atoms with E-state index in [0.29, 0.717) is 6.61 Å². The molecule has 0 aliphatic carbocycles. The number of rotatable bonds is 6. The molecule has 4 rings (SSSR count). The van der Waals surface area contributed by atoms with Crippen LogP contribution in [0.4, 0.5) is 4.79 Å². The van der Waals surface area contributed by atoms with Gasteiger partial charge in [-0.1, -0.05) is 36.4 Å². The van der Waals surface area contributed by atoms with Gasteiger partial charge in [0.15, 0.2) is 0 Å². The van der Waals surface area contributed by atoms with E-state index < -0.39 is 5.60 Å². The Balaban J connectivity index is 1.35. The Hall–Kier alpha value is -2.79. The predicted molar refractivity (Wildman–Crippen MR) is 130 cm³/mol. The molecule has 5 heteroatoms. The quantitative estimate of drug-likeness (QED) is 0.416. The largest absolute Gasteiger partial charge is 0.491 e. The fourth-order valence-corrected chi connectivity index (χ4v) is 4.72. The normalized spacial score (nSPS) is 16.2. The minimum Gasteiger partial charge on any atom is -0.491 e. The first-order chi connectivity index (χ1) is 15.4. The highest BCUT2D eigenvalue weighted by Crippen LogP contribution is 2.28. The predicted octanol–water partition coefficient (Wildman–Crippen LogP) is 6.78. The summed E-state index contributed by atoms with van der Waals surface area (Å²) in [6, 6.07) is 19.1. The third kappa shape index (κ3) is 5.71. The summed E-state index contributed by atoms with van der Waals surface area (Å²) in [5, 5.41) is 4.31. The van der Waals surface area contributed by atoms with E-state index in [-0.39, 0.29) is 12.1 Å². The lowest BCUT2D eigenvalue weighted by Gasteiger charge is -2.28. The molecule has 168 valence electrons. The molecule has 0 spiro atoms. The second-order valence-electron chi connectivity index (χ2n) is 9.27. The summed E-state index contributed by atoms with van der Waals surface area (Å²) in [7, 11) is 0. The first kappa shape index (κ1) is 22.4. The molecule has 1 saturated heterocycles. The van der Waals surface area contributed by atoms with Crippen LogP contribution < -0.4 is 4.74 Å². The third-order valence-corrected chi connectivity index (χ3v) is 6.30. The molecule has 1 aliphatic heterocycles. The summed E-state index contributed by atoms with van der Waals surface area (Å²) in [5.41, 5.74) is 4.65. The van der Waals surface area contributed by atoms with Crippen LogP contribution >= 0.6 is 11.3 Å². The minimum absolute atomic E-state index is 0.0574. The van der Waals surface area contributed by atoms with Gasteiger partial charge in [-0.15, -0.1) is 0 Å². The Bertz CT molecular complexity index is 1020. The number of benzene rings is 2. The van der Waals surface area contributed by atoms with E-state index in [0.717, 1.165) is 31.6 Å². The van der Waals surface area contributed by atoms with Crippen molar-refractivity contribution >= 4 is 17.4 Å². The summed E-state index contributed by atoms with van der Waals surface area (Å²) in [5.74, 6) is 0.830. The number of amides is 1. The van der Waals surface area contributed by atoms with Gasteiger partial charge in [-0.3, -0.25) is 0 Å². The number of thiophene rings is 1. The monoisotopic (exact) mass is 449 g/mol. The molecule has 1 aromatic heterocycles. The molecule has 2 heterocycles. The summed E-state index contributed by atoms with van der Waals surface area (Å²) < 4.78 is 11.6. The van der Waals surface area contributed by atoms with Crippen molar-refractivity contribution in [2.45, 2.75) is 51.7 Å². The van der Waals surface area contributed by atoms with Crippen LogP contribution in [0.3, 0.4) is 0 Å². The molecule has 1 atom stereocenters. The smallest absolute Gasteiger partial charge is 0.410 e. The molecule has 4 nitrogen and oxygen atoms in total. The van der Waals surface area contributed by atoms with E-state index in [4.69, 9.17) is 9.47 Å². The molecule has 1 fully saturated rings. The average molecular weight is 450 g/mol. The number of nitrogens with zero attached hydrogens (tertiary/aromatic N) is 1. The Morgan fingerprint density at radius 3 is 2.59 bits per heavy atom. The maximum Gasteiger partial charge on any atom is 0.410 e. The van der Waals surface area contributed by atoms with E-state index in [1.807, 2.05) is 32.9 Å². The van der Waals surface area contributed by atoms with Gasteiger partial charge in [0.25, 0.3) is 0 Å². The number of carbonyl (C=O) groups excluding carboxylic acids is 1. The number of hydrogen-bond acceptors (Lipinski definition) is 4. The molecular formula is C27H31NO3S. The summed E-state index contributed by atoms with van der Waals surface area (Å²) in [4.78, 5) is 14.3. The summed E-state index contributed by atoms with van der Waals surface area (Å²) in [6.07, 6.45) is 2.55. The maximum absolute atomic E-state index is 12.5. The zero-order valence-electron chi connectivity index (χ0n) is 19.0. The number of carbonyl (C=O) groups is 1. The molecule has 1 amide bonds. The van der Waals surface area contributed by atoms with E-state index >= 15 is 0 Å². The van der Waals surface area contributed by atoms with Gasteiger partial charge in [0.05, 0.1) is 6.04 Å². The summed E-state index contributed by atoms with van der Waals surface area (Å²) in [6.45, 7) is 6.90. The Morgan fingerprint density at radius 2 is 1.88 bits per heavy atom. The minimum atomic E-state index is -0.483. The average Bonchev–Trinajstić information content (AvgIpc) is 3.45. The highest BCUT2D eigenvalue weighted by Gasteiger charge is 2.32. The molecule has 0 saturated carbocycles. The van der Waals surface area contributed by atoms with Gasteiger partial charge in [-0.2, -0.15) is 11.3 Å². The second-order valence-corrected chi connectivity index (χ2v) is 10.1. The zero-order chi connectivity index (χ0) is 22.6. The van der Waals surface area contributed by atoms with Crippen molar-refractivity contribution in [3.8, 4) is 16.9 Å². The Labute approximate surface area is 194 Å². The van der Waals surface area contributed by atoms with Gasteiger partial charge in [-0.05, 0) is 91.2 Å². The lowest BCUT2D eigenvalue weighted by molar-refractivity contribution is 0.0187. The third-order valence-electron chi connectivity index (χ3n) is 5.62. The van der Waals surface area contributed by atoms with Crippen molar-refractivity contribution < 1.29 is 14.3 Å². The SMILES string of the molecule is CC(C)(C)OC(=O)N1CCC[C@H]1COc1ccc(Cc2ccccc2-c2ccsc2)cc1. The summed E-state index contributed by atoms with van der Waals surface area (Å²) >= 11 is 1.72. The first-order valence-electron chi connectivity index (χ1n) is 11.2. The Morgan fingerprint density at radius 1 is 1.09 bits per heavy atom. The number of hydrogen-bond donors (Lipinski definition) is 0. The van der Waals surface area contributed by atoms with Gasteiger partial charge in [0.1, 0.15) is 18.0 Å². The van der Waals surface area contributed by atoms with Gasteiger partial charge in [0, 0.05) is 6.54 Å². The van der Waals surface area contributed by atoms with Crippen LogP contribution in [0.25, 0.3) is 11.1 Å². The molecule has 0 bridgehead atoms. The molecule has 0 N–H and O–H groups in total. The molecule has 32 heavy (non-hydrogen) atoms. The van der Waals surface area contributed by atoms with Crippen molar-refractivity contribution in [2.75, 3.05) is 13.2 Å². The van der Waals surface area contributed by atoms with Crippen molar-refractivity contribution in [3.63, 3.8) is 0 Å². The maximum atomic E-state index is 12.5. The van der Waals surface area contributed by atoms with Gasteiger partial charge in [-0.25, -0.2) is 4.79 Å². The van der Waals surface area contributed by atoms with Crippen molar-refractivity contribution in [3.05, 3.63) is 76.5 Å². The molecule has 2 aromatic carbocycles. The molecule has 1 aliphatic rings. The van der Waals surface area contributed by atoms with E-state index in [9.17, 15) is 4.79 Å². The van der Waals surface area contributed by atoms with Crippen LogP contribution in [0.5, 0.6) is 5.75 Å². The molecule has 0 unspecified atom stereocenters. The van der Waals surface area contributed by atoms with Crippen LogP contribution in [0.1, 0.15) is 44.7 Å². The van der Waals surface area contributed by atoms with E-state index in [2.05, 4.69) is 53.2 Å². The molecule has 3 aromatic rings. The van der Waals surface area contributed by atoms with Gasteiger partial charge < -0.3 is 14.4 Å². The highest BCUT2D eigenvalue weighted by molar-refractivity contribution is 7.08. The van der Waals surface area contributed by atoms with Crippen LogP contribution in [0.15, 0.2) is 65.4 Å². The van der Waals surface area contributed by atoms with Crippen molar-refractivity contribution in [2.24, 2.45) is 0 Å². The standard InChI is InChI=1S/C27H31NO3S/c1-27(2,3)31-26(29)28-15-6-8-23(28)18-30-24-12-10-20(11-13-24)17-21-7-4-5-9-25(21)22-14-16-32-19-22/h4-5,7,9-14,16,19,23H,6,8,15,17-18H2,1-3H3/t23-/m0/s1. The first-order valence-corrected chi connectivity index (χ1v) is 12.2. The van der Waals surface area contributed by atoms with Crippen LogP contribution in [0, 0.1) is 0 Å². The fourth-order valence-electron chi connectivity index (χ4n) is 4.06. The van der Waals surface area contributed by atoms with E-state index in [1.165, 1.54) is 22.3 Å². The molecular weight excluding hydrogens is 418 g/mol. The van der Waals surface area contributed by atoms with Crippen LogP contribution in [0.2, 0.25) is 0 Å². The Kier molecular flexibility index (Phi) is 6.85. The van der Waals surface area contributed by atoms with Crippen LogP contribution in [-0.2, 0) is 11.2 Å². The number of ether oxygens (including phenoxy) is 2. The fraction of sp³-hybridized carbons (Fsp3) is 0.370. The second kappa shape index (κ2) is 9.78. The van der Waals surface area contributed by atoms with Crippen molar-refractivity contribution in [1.82, 2.24) is 4.90 Å². The lowest BCUT2D eigenvalue weighted by atomic mass is 9.96.